The zero-order chi connectivity index (χ0) is 13.2. The minimum absolute atomic E-state index is 0.184. The van der Waals surface area contributed by atoms with Crippen molar-refractivity contribution in [3.8, 4) is 0 Å². The van der Waals surface area contributed by atoms with Crippen LogP contribution in [0.1, 0.15) is 0 Å². The monoisotopic (exact) mass is 280 g/mol. The lowest BCUT2D eigenvalue weighted by molar-refractivity contribution is -0.274. The van der Waals surface area contributed by atoms with E-state index in [2.05, 4.69) is 20.1 Å². The molecule has 1 N–H and O–H groups in total. The molecule has 11 heteroatoms. The van der Waals surface area contributed by atoms with Gasteiger partial charge in [0.1, 0.15) is 0 Å². The molecule has 98 valence electrons. The Hall–Kier alpha value is -1.00. The van der Waals surface area contributed by atoms with Crippen molar-refractivity contribution >= 4 is 22.7 Å². The second-order valence-electron chi connectivity index (χ2n) is 2.69. The number of hydrogen-bond acceptors (Lipinski definition) is 5. The Kier molecular flexibility index (Phi) is 4.22. The van der Waals surface area contributed by atoms with Crippen LogP contribution in [0, 0.1) is 0 Å². The number of alkyl halides is 5. The molecule has 17 heavy (non-hydrogen) atoms. The molecule has 1 unspecified atom stereocenters. The Labute approximate surface area is 96.9 Å². The van der Waals surface area contributed by atoms with E-state index in [0.29, 0.717) is 0 Å². The number of aliphatic imine (C=N–C) groups is 2. The number of rotatable bonds is 3. The van der Waals surface area contributed by atoms with Gasteiger partial charge in [0.15, 0.2) is 0 Å². The van der Waals surface area contributed by atoms with E-state index in [1.807, 2.05) is 0 Å². The zero-order valence-corrected chi connectivity index (χ0v) is 8.93. The maximum Gasteiger partial charge on any atom is 0.451 e. The normalized spacial score (nSPS) is 21.6. The molecule has 0 saturated heterocycles. The van der Waals surface area contributed by atoms with E-state index >= 15 is 0 Å². The molecule has 0 amide bonds. The van der Waals surface area contributed by atoms with Crippen molar-refractivity contribution in [2.75, 3.05) is 7.05 Å². The van der Waals surface area contributed by atoms with Gasteiger partial charge in [-0.25, -0.2) is 4.99 Å². The molecule has 0 fully saturated rings. The standard InChI is InChI=1S/C6H6ClF5N4O/c1-13-5-15-3(7)14-2(6(10,11)12)16(5)17-4(8)9/h4-5,13H,1H3. The molecule has 0 aromatic heterocycles. The molecule has 1 aliphatic heterocycles. The summed E-state index contributed by atoms with van der Waals surface area (Å²) >= 11 is 5.25. The van der Waals surface area contributed by atoms with E-state index in [1.165, 1.54) is 7.05 Å². The number of nitrogens with one attached hydrogen (secondary N) is 1. The fourth-order valence-electron chi connectivity index (χ4n) is 0.998. The van der Waals surface area contributed by atoms with Crippen LogP contribution in [0.5, 0.6) is 0 Å². The van der Waals surface area contributed by atoms with Gasteiger partial charge in [-0.3, -0.25) is 5.32 Å². The Morgan fingerprint density at radius 2 is 2.06 bits per heavy atom. The average molecular weight is 281 g/mol. The largest absolute Gasteiger partial charge is 0.451 e. The van der Waals surface area contributed by atoms with Gasteiger partial charge in [-0.2, -0.15) is 36.8 Å². The fraction of sp³-hybridized carbons (Fsp3) is 0.667. The van der Waals surface area contributed by atoms with Crippen LogP contribution in [0.25, 0.3) is 0 Å². The molecular formula is C6H6ClF5N4O. The maximum absolute atomic E-state index is 12.5. The molecule has 0 spiro atoms. The topological polar surface area (TPSA) is 49.2 Å². The molecule has 1 rings (SSSR count). The molecule has 1 heterocycles. The SMILES string of the molecule is CNC1N=C(Cl)N=C(C(F)(F)F)N1OC(F)F. The minimum Gasteiger partial charge on any atom is -0.280 e. The Morgan fingerprint density at radius 3 is 2.47 bits per heavy atom. The van der Waals surface area contributed by atoms with Gasteiger partial charge >= 0.3 is 12.8 Å². The highest BCUT2D eigenvalue weighted by Gasteiger charge is 2.46. The van der Waals surface area contributed by atoms with Crippen molar-refractivity contribution in [1.82, 2.24) is 10.4 Å². The quantitative estimate of drug-likeness (QED) is 0.630. The van der Waals surface area contributed by atoms with Crippen molar-refractivity contribution in [3.63, 3.8) is 0 Å². The van der Waals surface area contributed by atoms with Gasteiger partial charge in [-0.15, -0.1) is 0 Å². The first-order valence-electron chi connectivity index (χ1n) is 4.06. The minimum atomic E-state index is -5.00. The fourth-order valence-corrected chi connectivity index (χ4v) is 1.17. The lowest BCUT2D eigenvalue weighted by atomic mass is 10.5. The Morgan fingerprint density at radius 1 is 1.47 bits per heavy atom. The molecule has 0 aromatic rings. The van der Waals surface area contributed by atoms with Gasteiger partial charge in [0.05, 0.1) is 0 Å². The molecule has 0 saturated carbocycles. The first-order valence-corrected chi connectivity index (χ1v) is 4.44. The molecular weight excluding hydrogens is 275 g/mol. The van der Waals surface area contributed by atoms with E-state index in [4.69, 9.17) is 11.6 Å². The lowest BCUT2D eigenvalue weighted by Crippen LogP contribution is -2.54. The number of amidine groups is 2. The third-order valence-electron chi connectivity index (χ3n) is 1.56. The van der Waals surface area contributed by atoms with Crippen LogP contribution in [0.15, 0.2) is 9.98 Å². The van der Waals surface area contributed by atoms with E-state index in [-0.39, 0.29) is 5.06 Å². The van der Waals surface area contributed by atoms with Crippen LogP contribution in [0.4, 0.5) is 22.0 Å². The summed E-state index contributed by atoms with van der Waals surface area (Å²) in [7, 11) is 1.19. The molecule has 0 aliphatic carbocycles. The van der Waals surface area contributed by atoms with E-state index in [9.17, 15) is 22.0 Å². The van der Waals surface area contributed by atoms with Gasteiger partial charge in [-0.05, 0) is 18.6 Å². The molecule has 1 atom stereocenters. The zero-order valence-electron chi connectivity index (χ0n) is 8.17. The summed E-state index contributed by atoms with van der Waals surface area (Å²) < 4.78 is 61.4. The second kappa shape index (κ2) is 5.10. The van der Waals surface area contributed by atoms with Crippen molar-refractivity contribution in [1.29, 1.82) is 0 Å². The summed E-state index contributed by atoms with van der Waals surface area (Å²) in [5, 5.41) is 1.31. The highest BCUT2D eigenvalue weighted by molar-refractivity contribution is 6.65. The van der Waals surface area contributed by atoms with Crippen LogP contribution in [0.2, 0.25) is 0 Å². The van der Waals surface area contributed by atoms with Gasteiger partial charge in [0, 0.05) is 0 Å². The van der Waals surface area contributed by atoms with Crippen LogP contribution in [0.3, 0.4) is 0 Å². The van der Waals surface area contributed by atoms with Crippen LogP contribution in [-0.2, 0) is 4.84 Å². The summed E-state index contributed by atoms with van der Waals surface area (Å²) in [4.78, 5) is 9.87. The molecule has 0 bridgehead atoms. The highest BCUT2D eigenvalue weighted by Crippen LogP contribution is 2.25. The van der Waals surface area contributed by atoms with E-state index in [1.54, 1.807) is 0 Å². The summed E-state index contributed by atoms with van der Waals surface area (Å²) in [6.07, 6.45) is -6.54. The highest BCUT2D eigenvalue weighted by atomic mass is 35.5. The first kappa shape index (κ1) is 14.1. The number of hydroxylamine groups is 2. The third kappa shape index (κ3) is 3.48. The first-order chi connectivity index (χ1) is 7.75. The summed E-state index contributed by atoms with van der Waals surface area (Å²) in [5.41, 5.74) is 0. The molecule has 5 nitrogen and oxygen atoms in total. The lowest BCUT2D eigenvalue weighted by Gasteiger charge is -2.32. The van der Waals surface area contributed by atoms with Crippen molar-refractivity contribution in [2.45, 2.75) is 19.1 Å². The Bertz CT molecular complexity index is 344. The predicted octanol–water partition coefficient (Wildman–Crippen LogP) is 1.51. The van der Waals surface area contributed by atoms with E-state index in [0.717, 1.165) is 0 Å². The Balaban J connectivity index is 3.06. The average Bonchev–Trinajstić information content (AvgIpc) is 2.17. The second-order valence-corrected chi connectivity index (χ2v) is 3.02. The number of halogens is 6. The van der Waals surface area contributed by atoms with Crippen LogP contribution >= 0.6 is 11.6 Å². The van der Waals surface area contributed by atoms with Gasteiger partial charge in [0.25, 0.3) is 0 Å². The number of nitrogens with zero attached hydrogens (tertiary/aromatic N) is 3. The van der Waals surface area contributed by atoms with Crippen molar-refractivity contribution in [3.05, 3.63) is 0 Å². The number of hydrogen-bond donors (Lipinski definition) is 1. The van der Waals surface area contributed by atoms with Gasteiger partial charge in [0.2, 0.25) is 17.4 Å². The summed E-state index contributed by atoms with van der Waals surface area (Å²) in [6, 6.07) is 0. The molecule has 0 aromatic carbocycles. The maximum atomic E-state index is 12.5. The predicted molar refractivity (Wildman–Crippen MR) is 48.6 cm³/mol. The van der Waals surface area contributed by atoms with Crippen molar-refractivity contribution < 1.29 is 26.8 Å². The van der Waals surface area contributed by atoms with Crippen LogP contribution < -0.4 is 5.32 Å². The smallest absolute Gasteiger partial charge is 0.280 e. The summed E-state index contributed by atoms with van der Waals surface area (Å²) in [6.45, 7) is -3.45. The molecule has 0 radical (unpaired) electrons. The van der Waals surface area contributed by atoms with Gasteiger partial charge < -0.3 is 0 Å². The van der Waals surface area contributed by atoms with Gasteiger partial charge in [-0.1, -0.05) is 0 Å². The summed E-state index contributed by atoms with van der Waals surface area (Å²) in [5.74, 6) is -1.71. The van der Waals surface area contributed by atoms with Crippen molar-refractivity contribution in [2.24, 2.45) is 9.98 Å². The third-order valence-corrected chi connectivity index (χ3v) is 1.74. The van der Waals surface area contributed by atoms with Crippen LogP contribution in [-0.4, -0.2) is 42.3 Å². The molecule has 1 aliphatic rings. The van der Waals surface area contributed by atoms with E-state index < -0.39 is 30.2 Å².